The first kappa shape index (κ1) is 14.5. The van der Waals surface area contributed by atoms with E-state index >= 15 is 0 Å². The van der Waals surface area contributed by atoms with E-state index in [1.54, 1.807) is 13.8 Å². The highest BCUT2D eigenvalue weighted by Gasteiger charge is 2.51. The van der Waals surface area contributed by atoms with Crippen molar-refractivity contribution >= 4 is 0 Å². The molecule has 0 aromatic rings. The molecular formula is C13H18N2O5. The summed E-state index contributed by atoms with van der Waals surface area (Å²) in [5.74, 6) is -0.315. The van der Waals surface area contributed by atoms with E-state index in [4.69, 9.17) is 4.74 Å². The van der Waals surface area contributed by atoms with Crippen LogP contribution in [0.4, 0.5) is 0 Å². The molecule has 2 atom stereocenters. The largest absolute Gasteiger partial charge is 0.492 e. The van der Waals surface area contributed by atoms with Crippen LogP contribution in [0.5, 0.6) is 0 Å². The molecule has 0 bridgehead atoms. The number of hydrogen-bond donors (Lipinski definition) is 0. The van der Waals surface area contributed by atoms with Gasteiger partial charge in [-0.25, -0.2) is 0 Å². The SMILES string of the molecule is CC1=C2OC(C)(C)CC2C(C[N+](=O)[O-])C([N+](=O)[O-])=C1C. The Morgan fingerprint density at radius 3 is 2.35 bits per heavy atom. The zero-order chi connectivity index (χ0) is 15.2. The van der Waals surface area contributed by atoms with E-state index in [2.05, 4.69) is 0 Å². The lowest BCUT2D eigenvalue weighted by molar-refractivity contribution is -0.503. The number of rotatable bonds is 3. The third-order valence-corrected chi connectivity index (χ3v) is 4.13. The summed E-state index contributed by atoms with van der Waals surface area (Å²) in [4.78, 5) is 21.2. The number of nitrogens with zero attached hydrogens (tertiary/aromatic N) is 2. The predicted octanol–water partition coefficient (Wildman–Crippen LogP) is 2.53. The molecule has 0 radical (unpaired) electrons. The van der Waals surface area contributed by atoms with Gasteiger partial charge in [-0.15, -0.1) is 0 Å². The second-order valence-corrected chi connectivity index (χ2v) is 6.05. The molecule has 20 heavy (non-hydrogen) atoms. The van der Waals surface area contributed by atoms with Crippen molar-refractivity contribution in [3.05, 3.63) is 42.8 Å². The molecule has 0 N–H and O–H groups in total. The number of allylic oxidation sites excluding steroid dienone is 3. The van der Waals surface area contributed by atoms with E-state index in [9.17, 15) is 20.2 Å². The van der Waals surface area contributed by atoms with E-state index in [1.807, 2.05) is 13.8 Å². The summed E-state index contributed by atoms with van der Waals surface area (Å²) in [5.41, 5.74) is 0.759. The topological polar surface area (TPSA) is 95.5 Å². The van der Waals surface area contributed by atoms with Gasteiger partial charge in [0.15, 0.2) is 0 Å². The van der Waals surface area contributed by atoms with Crippen LogP contribution >= 0.6 is 0 Å². The minimum Gasteiger partial charge on any atom is -0.492 e. The monoisotopic (exact) mass is 282 g/mol. The van der Waals surface area contributed by atoms with Crippen LogP contribution in [0.3, 0.4) is 0 Å². The van der Waals surface area contributed by atoms with Crippen molar-refractivity contribution in [3.8, 4) is 0 Å². The summed E-state index contributed by atoms with van der Waals surface area (Å²) >= 11 is 0. The van der Waals surface area contributed by atoms with Gasteiger partial charge >= 0.3 is 0 Å². The Balaban J connectivity index is 2.53. The Morgan fingerprint density at radius 1 is 1.25 bits per heavy atom. The van der Waals surface area contributed by atoms with Gasteiger partial charge in [-0.1, -0.05) is 0 Å². The van der Waals surface area contributed by atoms with Crippen LogP contribution in [0.1, 0.15) is 34.1 Å². The summed E-state index contributed by atoms with van der Waals surface area (Å²) in [7, 11) is 0. The Labute approximate surface area is 116 Å². The lowest BCUT2D eigenvalue weighted by atomic mass is 9.76. The van der Waals surface area contributed by atoms with Gasteiger partial charge in [0, 0.05) is 16.4 Å². The zero-order valence-electron chi connectivity index (χ0n) is 12.0. The zero-order valence-corrected chi connectivity index (χ0v) is 12.0. The lowest BCUT2D eigenvalue weighted by Crippen LogP contribution is -2.32. The first-order valence-electron chi connectivity index (χ1n) is 6.51. The molecule has 7 nitrogen and oxygen atoms in total. The van der Waals surface area contributed by atoms with Gasteiger partial charge < -0.3 is 4.74 Å². The molecule has 1 fully saturated rings. The number of nitro groups is 2. The second-order valence-electron chi connectivity index (χ2n) is 6.05. The summed E-state index contributed by atoms with van der Waals surface area (Å²) < 4.78 is 5.88. The van der Waals surface area contributed by atoms with Gasteiger partial charge in [0.2, 0.25) is 6.54 Å². The van der Waals surface area contributed by atoms with Crippen LogP contribution < -0.4 is 0 Å². The Morgan fingerprint density at radius 2 is 1.85 bits per heavy atom. The fraction of sp³-hybridized carbons (Fsp3) is 0.692. The van der Waals surface area contributed by atoms with Crippen molar-refractivity contribution in [2.75, 3.05) is 6.54 Å². The molecule has 0 aromatic heterocycles. The van der Waals surface area contributed by atoms with Gasteiger partial charge in [-0.2, -0.15) is 0 Å². The smallest absolute Gasteiger partial charge is 0.259 e. The van der Waals surface area contributed by atoms with E-state index in [1.165, 1.54) is 0 Å². The second kappa shape index (κ2) is 4.57. The molecule has 1 aliphatic heterocycles. The van der Waals surface area contributed by atoms with Crippen LogP contribution in [0.2, 0.25) is 0 Å². The maximum Gasteiger partial charge on any atom is 0.259 e. The summed E-state index contributed by atoms with van der Waals surface area (Å²) in [6, 6.07) is 0. The van der Waals surface area contributed by atoms with E-state index in [0.29, 0.717) is 17.8 Å². The molecule has 110 valence electrons. The van der Waals surface area contributed by atoms with Crippen molar-refractivity contribution in [3.63, 3.8) is 0 Å². The first-order chi connectivity index (χ1) is 9.14. The summed E-state index contributed by atoms with van der Waals surface area (Å²) in [6.07, 6.45) is 0.558. The van der Waals surface area contributed by atoms with Crippen molar-refractivity contribution in [1.29, 1.82) is 0 Å². The van der Waals surface area contributed by atoms with Gasteiger partial charge in [0.25, 0.3) is 5.70 Å². The third kappa shape index (κ3) is 2.28. The Kier molecular flexibility index (Phi) is 3.31. The molecule has 2 unspecified atom stereocenters. The van der Waals surface area contributed by atoms with E-state index < -0.39 is 27.9 Å². The molecule has 0 saturated carbocycles. The van der Waals surface area contributed by atoms with Crippen LogP contribution in [-0.4, -0.2) is 22.0 Å². The quantitative estimate of drug-likeness (QED) is 0.585. The van der Waals surface area contributed by atoms with Gasteiger partial charge in [-0.3, -0.25) is 20.2 Å². The van der Waals surface area contributed by atoms with Gasteiger partial charge in [0.05, 0.1) is 4.92 Å². The maximum absolute atomic E-state index is 11.3. The molecule has 1 saturated heterocycles. The number of fused-ring (bicyclic) bond motifs is 1. The van der Waals surface area contributed by atoms with Gasteiger partial charge in [0.1, 0.15) is 17.3 Å². The third-order valence-electron chi connectivity index (χ3n) is 4.13. The standard InChI is InChI=1S/C13H18N2O5/c1-7-8(2)12-9(5-13(3,4)20-12)10(6-14(16)17)11(7)15(18)19/h9-10H,5-6H2,1-4H3. The van der Waals surface area contributed by atoms with Crippen molar-refractivity contribution in [1.82, 2.24) is 0 Å². The Hall–Kier alpha value is -1.92. The molecule has 2 rings (SSSR count). The summed E-state index contributed by atoms with van der Waals surface area (Å²) in [5, 5.41) is 22.2. The van der Waals surface area contributed by atoms with Crippen LogP contribution in [0, 0.1) is 32.1 Å². The van der Waals surface area contributed by atoms with Crippen LogP contribution in [0.15, 0.2) is 22.6 Å². The van der Waals surface area contributed by atoms with Gasteiger partial charge in [-0.05, 0) is 39.7 Å². The number of hydrogen-bond acceptors (Lipinski definition) is 5. The van der Waals surface area contributed by atoms with E-state index in [-0.39, 0.29) is 11.6 Å². The molecule has 0 amide bonds. The molecule has 0 spiro atoms. The fourth-order valence-electron chi connectivity index (χ4n) is 3.21. The van der Waals surface area contributed by atoms with Crippen molar-refractivity contribution < 1.29 is 14.6 Å². The van der Waals surface area contributed by atoms with Crippen LogP contribution in [0.25, 0.3) is 0 Å². The molecule has 7 heteroatoms. The molecule has 2 aliphatic rings. The van der Waals surface area contributed by atoms with E-state index in [0.717, 1.165) is 5.57 Å². The minimum absolute atomic E-state index is 0.0331. The Bertz CT molecular complexity index is 547. The normalized spacial score (nSPS) is 28.2. The molecule has 1 aliphatic carbocycles. The van der Waals surface area contributed by atoms with Crippen molar-refractivity contribution in [2.45, 2.75) is 39.7 Å². The maximum atomic E-state index is 11.3. The highest BCUT2D eigenvalue weighted by molar-refractivity contribution is 5.40. The average Bonchev–Trinajstić information content (AvgIpc) is 2.61. The highest BCUT2D eigenvalue weighted by atomic mass is 16.6. The molecule has 0 aromatic carbocycles. The molecule has 1 heterocycles. The van der Waals surface area contributed by atoms with Crippen LogP contribution in [-0.2, 0) is 4.74 Å². The number of ether oxygens (including phenoxy) is 1. The predicted molar refractivity (Wildman–Crippen MR) is 71.0 cm³/mol. The molecular weight excluding hydrogens is 264 g/mol. The average molecular weight is 282 g/mol. The summed E-state index contributed by atoms with van der Waals surface area (Å²) in [6.45, 7) is 6.78. The first-order valence-corrected chi connectivity index (χ1v) is 6.51. The minimum atomic E-state index is -0.722. The fourth-order valence-corrected chi connectivity index (χ4v) is 3.21. The highest BCUT2D eigenvalue weighted by Crippen LogP contribution is 2.49. The van der Waals surface area contributed by atoms with Crippen molar-refractivity contribution in [2.24, 2.45) is 11.8 Å². The lowest BCUT2D eigenvalue weighted by Gasteiger charge is -2.25.